The maximum absolute atomic E-state index is 12.3. The van der Waals surface area contributed by atoms with Gasteiger partial charge < -0.3 is 5.32 Å². The minimum Gasteiger partial charge on any atom is -0.347 e. The molecule has 0 spiro atoms. The summed E-state index contributed by atoms with van der Waals surface area (Å²) in [5.41, 5.74) is 4.70. The molecular weight excluding hydrogens is 276 g/mol. The minimum absolute atomic E-state index is 0.106. The summed E-state index contributed by atoms with van der Waals surface area (Å²) in [7, 11) is 1.80. The monoisotopic (exact) mass is 300 g/mol. The molecular formula is C17H24N4O. The van der Waals surface area contributed by atoms with Gasteiger partial charge in [0.2, 0.25) is 0 Å². The zero-order chi connectivity index (χ0) is 16.3. The molecule has 5 nitrogen and oxygen atoms in total. The van der Waals surface area contributed by atoms with Crippen molar-refractivity contribution in [1.29, 1.82) is 0 Å². The van der Waals surface area contributed by atoms with Crippen molar-refractivity contribution in [3.05, 3.63) is 46.5 Å². The van der Waals surface area contributed by atoms with Gasteiger partial charge in [0.1, 0.15) is 5.69 Å². The number of nitrogens with one attached hydrogen (secondary N) is 1. The Balaban J connectivity index is 2.04. The van der Waals surface area contributed by atoms with Crippen molar-refractivity contribution in [1.82, 2.24) is 20.1 Å². The molecule has 0 fully saturated rings. The Labute approximate surface area is 131 Å². The fraction of sp³-hybridized carbons (Fsp3) is 0.471. The van der Waals surface area contributed by atoms with Gasteiger partial charge in [-0.05, 0) is 49.4 Å². The molecule has 1 amide bonds. The summed E-state index contributed by atoms with van der Waals surface area (Å²) in [6.45, 7) is 8.74. The van der Waals surface area contributed by atoms with E-state index in [1.165, 1.54) is 0 Å². The van der Waals surface area contributed by atoms with Crippen LogP contribution in [-0.4, -0.2) is 20.7 Å². The minimum atomic E-state index is -0.106. The molecule has 118 valence electrons. The third-order valence-electron chi connectivity index (χ3n) is 3.58. The lowest BCUT2D eigenvalue weighted by atomic mass is 10.1. The molecule has 22 heavy (non-hydrogen) atoms. The lowest BCUT2D eigenvalue weighted by molar-refractivity contribution is 0.0941. The highest BCUT2D eigenvalue weighted by Crippen LogP contribution is 2.10. The van der Waals surface area contributed by atoms with Crippen LogP contribution in [0.25, 0.3) is 0 Å². The third-order valence-corrected chi connectivity index (χ3v) is 3.58. The van der Waals surface area contributed by atoms with Crippen molar-refractivity contribution < 1.29 is 4.79 Å². The van der Waals surface area contributed by atoms with Gasteiger partial charge in [0.25, 0.3) is 5.91 Å². The smallest absolute Gasteiger partial charge is 0.269 e. The van der Waals surface area contributed by atoms with Crippen LogP contribution >= 0.6 is 0 Å². The van der Waals surface area contributed by atoms with Gasteiger partial charge in [0, 0.05) is 25.5 Å². The Morgan fingerprint density at radius 3 is 2.68 bits per heavy atom. The van der Waals surface area contributed by atoms with Crippen LogP contribution in [0, 0.1) is 19.8 Å². The van der Waals surface area contributed by atoms with Gasteiger partial charge in [0.15, 0.2) is 0 Å². The van der Waals surface area contributed by atoms with Crippen molar-refractivity contribution in [3.8, 4) is 0 Å². The van der Waals surface area contributed by atoms with E-state index >= 15 is 0 Å². The Bertz CT molecular complexity index is 673. The van der Waals surface area contributed by atoms with Gasteiger partial charge >= 0.3 is 0 Å². The van der Waals surface area contributed by atoms with Crippen LogP contribution in [-0.2, 0) is 20.0 Å². The molecule has 0 aliphatic heterocycles. The molecule has 0 unspecified atom stereocenters. The largest absolute Gasteiger partial charge is 0.347 e. The van der Waals surface area contributed by atoms with Crippen molar-refractivity contribution in [2.24, 2.45) is 13.0 Å². The van der Waals surface area contributed by atoms with E-state index in [1.807, 2.05) is 32.2 Å². The number of aromatic nitrogens is 3. The van der Waals surface area contributed by atoms with Gasteiger partial charge in [-0.25, -0.2) is 0 Å². The van der Waals surface area contributed by atoms with E-state index in [-0.39, 0.29) is 5.91 Å². The van der Waals surface area contributed by atoms with Crippen LogP contribution in [0.5, 0.6) is 0 Å². The van der Waals surface area contributed by atoms with Crippen molar-refractivity contribution in [2.45, 2.75) is 40.7 Å². The number of hydrogen-bond donors (Lipinski definition) is 1. The standard InChI is InChI=1S/C17H24N4O/c1-11(2)6-15-8-16(21(5)20-15)17(22)19-10-14-9-18-13(4)7-12(14)3/h7-9,11H,6,10H2,1-5H3,(H,19,22). The Kier molecular flexibility index (Phi) is 4.96. The molecule has 2 aromatic rings. The molecule has 2 heterocycles. The van der Waals surface area contributed by atoms with Crippen LogP contribution in [0.2, 0.25) is 0 Å². The molecule has 0 radical (unpaired) electrons. The topological polar surface area (TPSA) is 59.8 Å². The fourth-order valence-corrected chi connectivity index (χ4v) is 2.43. The second kappa shape index (κ2) is 6.73. The summed E-state index contributed by atoms with van der Waals surface area (Å²) >= 11 is 0. The van der Waals surface area contributed by atoms with Crippen LogP contribution in [0.15, 0.2) is 18.3 Å². The molecule has 5 heteroatoms. The maximum Gasteiger partial charge on any atom is 0.269 e. The summed E-state index contributed by atoms with van der Waals surface area (Å²) < 4.78 is 1.65. The van der Waals surface area contributed by atoms with Gasteiger partial charge in [-0.2, -0.15) is 5.10 Å². The molecule has 1 N–H and O–H groups in total. The zero-order valence-corrected chi connectivity index (χ0v) is 14.0. The summed E-state index contributed by atoms with van der Waals surface area (Å²) in [6, 6.07) is 3.89. The predicted octanol–water partition coefficient (Wildman–Crippen LogP) is 2.56. The molecule has 0 aliphatic rings. The van der Waals surface area contributed by atoms with Crippen molar-refractivity contribution >= 4 is 5.91 Å². The van der Waals surface area contributed by atoms with Gasteiger partial charge in [-0.15, -0.1) is 0 Å². The SMILES string of the molecule is Cc1cc(C)c(CNC(=O)c2cc(CC(C)C)nn2C)cn1. The van der Waals surface area contributed by atoms with E-state index in [0.717, 1.165) is 28.9 Å². The predicted molar refractivity (Wildman–Crippen MR) is 86.6 cm³/mol. The lowest BCUT2D eigenvalue weighted by Crippen LogP contribution is -2.25. The molecule has 0 aromatic carbocycles. The first-order valence-corrected chi connectivity index (χ1v) is 7.60. The summed E-state index contributed by atoms with van der Waals surface area (Å²) in [5, 5.41) is 7.34. The Hall–Kier alpha value is -2.17. The molecule has 0 atom stereocenters. The third kappa shape index (κ3) is 3.93. The normalized spacial score (nSPS) is 11.0. The molecule has 0 saturated heterocycles. The summed E-state index contributed by atoms with van der Waals surface area (Å²) in [6.07, 6.45) is 2.69. The first-order valence-electron chi connectivity index (χ1n) is 7.60. The van der Waals surface area contributed by atoms with Crippen LogP contribution in [0.4, 0.5) is 0 Å². The quantitative estimate of drug-likeness (QED) is 0.923. The van der Waals surface area contributed by atoms with E-state index in [2.05, 4.69) is 29.2 Å². The highest BCUT2D eigenvalue weighted by Gasteiger charge is 2.14. The van der Waals surface area contributed by atoms with Crippen molar-refractivity contribution in [3.63, 3.8) is 0 Å². The number of nitrogens with zero attached hydrogens (tertiary/aromatic N) is 3. The number of hydrogen-bond acceptors (Lipinski definition) is 3. The number of aryl methyl sites for hydroxylation is 3. The first-order chi connectivity index (χ1) is 10.4. The number of carbonyl (C=O) groups is 1. The van der Waals surface area contributed by atoms with Gasteiger partial charge in [-0.1, -0.05) is 13.8 Å². The van der Waals surface area contributed by atoms with E-state index < -0.39 is 0 Å². The number of amides is 1. The van der Waals surface area contributed by atoms with Gasteiger partial charge in [0.05, 0.1) is 5.69 Å². The van der Waals surface area contributed by atoms with E-state index in [9.17, 15) is 4.79 Å². The highest BCUT2D eigenvalue weighted by molar-refractivity contribution is 5.92. The summed E-state index contributed by atoms with van der Waals surface area (Å²) in [4.78, 5) is 16.6. The van der Waals surface area contributed by atoms with E-state index in [0.29, 0.717) is 18.2 Å². The van der Waals surface area contributed by atoms with Crippen molar-refractivity contribution in [2.75, 3.05) is 0 Å². The van der Waals surface area contributed by atoms with Crippen LogP contribution in [0.1, 0.15) is 46.9 Å². The highest BCUT2D eigenvalue weighted by atomic mass is 16.2. The maximum atomic E-state index is 12.3. The zero-order valence-electron chi connectivity index (χ0n) is 14.0. The Morgan fingerprint density at radius 2 is 2.05 bits per heavy atom. The first kappa shape index (κ1) is 16.2. The Morgan fingerprint density at radius 1 is 1.32 bits per heavy atom. The second-order valence-corrected chi connectivity index (χ2v) is 6.18. The lowest BCUT2D eigenvalue weighted by Gasteiger charge is -2.08. The number of pyridine rings is 1. The molecule has 2 aromatic heterocycles. The molecule has 0 saturated carbocycles. The number of carbonyl (C=O) groups excluding carboxylic acids is 1. The average Bonchev–Trinajstić information content (AvgIpc) is 2.77. The van der Waals surface area contributed by atoms with Gasteiger partial charge in [-0.3, -0.25) is 14.5 Å². The van der Waals surface area contributed by atoms with E-state index in [4.69, 9.17) is 0 Å². The summed E-state index contributed by atoms with van der Waals surface area (Å²) in [5.74, 6) is 0.414. The molecule has 0 bridgehead atoms. The number of rotatable bonds is 5. The average molecular weight is 300 g/mol. The second-order valence-electron chi connectivity index (χ2n) is 6.18. The molecule has 0 aliphatic carbocycles. The van der Waals surface area contributed by atoms with Crippen LogP contribution in [0.3, 0.4) is 0 Å². The fourth-order valence-electron chi connectivity index (χ4n) is 2.43. The van der Waals surface area contributed by atoms with Crippen LogP contribution < -0.4 is 5.32 Å². The van der Waals surface area contributed by atoms with E-state index in [1.54, 1.807) is 11.7 Å². The molecule has 2 rings (SSSR count).